The van der Waals surface area contributed by atoms with E-state index in [0.717, 1.165) is 35.8 Å². The molecule has 5 aliphatic heterocycles. The monoisotopic (exact) mass is 1390 g/mol. The summed E-state index contributed by atoms with van der Waals surface area (Å²) in [6, 6.07) is 79.1. The lowest BCUT2D eigenvalue weighted by Crippen LogP contribution is -2.69. The van der Waals surface area contributed by atoms with Gasteiger partial charge in [-0.05, 0) is 167 Å². The van der Waals surface area contributed by atoms with E-state index in [2.05, 4.69) is 316 Å². The molecular formula is C92H112N8O4. The molecule has 4 aliphatic carbocycles. The van der Waals surface area contributed by atoms with Gasteiger partial charge in [0.25, 0.3) is 0 Å². The van der Waals surface area contributed by atoms with E-state index < -0.39 is 24.4 Å². The van der Waals surface area contributed by atoms with Crippen molar-refractivity contribution in [1.29, 1.82) is 0 Å². The third-order valence-electron chi connectivity index (χ3n) is 27.4. The van der Waals surface area contributed by atoms with Crippen LogP contribution in [0.5, 0.6) is 23.0 Å². The Balaban J connectivity index is 0.839. The average molecular weight is 1390 g/mol. The van der Waals surface area contributed by atoms with Gasteiger partial charge in [0, 0.05) is 33.5 Å². The molecule has 0 radical (unpaired) electrons. The summed E-state index contributed by atoms with van der Waals surface area (Å²) in [4.78, 5) is 0. The second-order valence-corrected chi connectivity index (χ2v) is 34.5. The molecule has 12 nitrogen and oxygen atoms in total. The lowest BCUT2D eigenvalue weighted by atomic mass is 9.71. The fraction of sp³-hybridized carbons (Fsp3) is 0.478. The van der Waals surface area contributed by atoms with Gasteiger partial charge in [-0.25, -0.2) is 0 Å². The summed E-state index contributed by atoms with van der Waals surface area (Å²) in [5, 5.41) is 35.5. The Morgan fingerprint density at radius 1 is 0.212 bits per heavy atom. The van der Waals surface area contributed by atoms with Crippen molar-refractivity contribution in [2.45, 2.75) is 228 Å². The summed E-state index contributed by atoms with van der Waals surface area (Å²) in [5.74, 6) is 5.40. The SMILES string of the molecule is CC(C)(c1ccccc1)c1ccc(OC2C(Oc3ccc(C(C)(C)c4ccccc4)cc3)C(Oc3ccc(C(C)(C)c4ccccc4)cc3)C3C4NC5NC(NC6NC(NC7NC(NC(N4)C3C2Oc2ccc(C(C)(C)c3ccccc3)cc2)C2CCCCC72)C2CCCCC62)C2CCCCC52)cc1. The number of rotatable bonds is 16. The largest absolute Gasteiger partial charge is 0.486 e. The fourth-order valence-electron chi connectivity index (χ4n) is 21.1. The molecule has 9 aliphatic rings. The molecule has 5 saturated heterocycles. The number of benzene rings is 8. The van der Waals surface area contributed by atoms with E-state index >= 15 is 0 Å². The third kappa shape index (κ3) is 13.3. The first-order valence-electron chi connectivity index (χ1n) is 39.9. The van der Waals surface area contributed by atoms with Crippen LogP contribution < -0.4 is 61.5 Å². The number of hydrogen-bond acceptors (Lipinski definition) is 12. The Morgan fingerprint density at radius 3 is 0.596 bits per heavy atom. The van der Waals surface area contributed by atoms with Crippen LogP contribution in [-0.4, -0.2) is 73.7 Å². The standard InChI is InChI=1S/C92H112N8O4/c1-89(2,57-27-13-9-14-28-57)61-41-49-65(50-42-61)101-77-75-76(88-99-86-74-40-26-24-38-72(74)84(97-86)95-82-70-36-22-21-35-69(70)81(93-82)94-83-71-37-23-25-39-73(71)85(96-83)98-87(75)100-88)78(102-66-51-43-62(44-52-66)90(3,4)58-29-15-10-16-30-58)80(104-68-55-47-64(48-56-68)92(7,8)60-33-19-12-20-34-60)79(77)103-67-53-45-63(46-54-67)91(5,6)59-31-17-11-18-32-59/h9-20,27-34,41-56,69-88,93-100H,21-26,35-40H2,1-8H3. The molecule has 0 amide bonds. The summed E-state index contributed by atoms with van der Waals surface area (Å²) < 4.78 is 32.2. The quantitative estimate of drug-likeness (QED) is 0.0468. The van der Waals surface area contributed by atoms with Crippen LogP contribution in [0.25, 0.3) is 0 Å². The summed E-state index contributed by atoms with van der Waals surface area (Å²) in [5.41, 5.74) is 8.78. The summed E-state index contributed by atoms with van der Waals surface area (Å²) in [6.07, 6.45) is 12.2. The van der Waals surface area contributed by atoms with Crippen LogP contribution in [0.15, 0.2) is 218 Å². The maximum Gasteiger partial charge on any atom is 0.176 e. The molecule has 12 heteroatoms. The van der Waals surface area contributed by atoms with Crippen LogP contribution >= 0.6 is 0 Å². The van der Waals surface area contributed by atoms with Gasteiger partial charge in [0.05, 0.1) is 49.3 Å². The summed E-state index contributed by atoms with van der Waals surface area (Å²) in [7, 11) is 0. The van der Waals surface area contributed by atoms with Gasteiger partial charge in [-0.1, -0.05) is 264 Å². The number of ether oxygens (including phenoxy) is 4. The zero-order valence-corrected chi connectivity index (χ0v) is 62.4. The maximum absolute atomic E-state index is 8.09. The van der Waals surface area contributed by atoms with E-state index in [1.165, 1.54) is 109 Å². The van der Waals surface area contributed by atoms with Crippen molar-refractivity contribution in [2.75, 3.05) is 0 Å². The molecule has 8 aromatic carbocycles. The van der Waals surface area contributed by atoms with Crippen molar-refractivity contribution < 1.29 is 18.9 Å². The summed E-state index contributed by atoms with van der Waals surface area (Å²) in [6.45, 7) is 18.5. The topological polar surface area (TPSA) is 133 Å². The molecule has 20 atom stereocenters. The van der Waals surface area contributed by atoms with E-state index in [1.54, 1.807) is 0 Å². The molecule has 8 bridgehead atoms. The smallest absolute Gasteiger partial charge is 0.176 e. The van der Waals surface area contributed by atoms with Gasteiger partial charge in [-0.2, -0.15) is 0 Å². The van der Waals surface area contributed by atoms with E-state index in [1.807, 2.05) is 0 Å². The lowest BCUT2D eigenvalue weighted by molar-refractivity contribution is -0.150. The van der Waals surface area contributed by atoms with Gasteiger partial charge in [0.1, 0.15) is 35.2 Å². The molecule has 8 N–H and O–H groups in total. The first-order valence-corrected chi connectivity index (χ1v) is 39.9. The van der Waals surface area contributed by atoms with Crippen molar-refractivity contribution >= 4 is 0 Å². The highest BCUT2D eigenvalue weighted by molar-refractivity contribution is 5.45. The van der Waals surface area contributed by atoms with Crippen molar-refractivity contribution in [1.82, 2.24) is 42.5 Å². The minimum atomic E-state index is -0.746. The minimum Gasteiger partial charge on any atom is -0.486 e. The van der Waals surface area contributed by atoms with Gasteiger partial charge in [-0.15, -0.1) is 0 Å². The zero-order valence-electron chi connectivity index (χ0n) is 62.4. The predicted octanol–water partition coefficient (Wildman–Crippen LogP) is 16.1. The first kappa shape index (κ1) is 69.7. The highest BCUT2D eigenvalue weighted by Crippen LogP contribution is 2.50. The molecule has 0 aromatic heterocycles. The molecule has 4 saturated carbocycles. The fourth-order valence-corrected chi connectivity index (χ4v) is 21.1. The Labute approximate surface area is 619 Å². The highest BCUT2D eigenvalue weighted by Gasteiger charge is 2.65. The predicted molar refractivity (Wildman–Crippen MR) is 416 cm³/mol. The Hall–Kier alpha value is -7.36. The van der Waals surface area contributed by atoms with Crippen LogP contribution in [-0.2, 0) is 21.7 Å². The molecule has 8 aromatic rings. The molecule has 17 rings (SSSR count). The van der Waals surface area contributed by atoms with Crippen LogP contribution in [0.1, 0.15) is 177 Å². The molecule has 9 fully saturated rings. The molecule has 5 heterocycles. The second kappa shape index (κ2) is 28.7. The first-order chi connectivity index (χ1) is 50.5. The van der Waals surface area contributed by atoms with Gasteiger partial charge in [0.2, 0.25) is 0 Å². The van der Waals surface area contributed by atoms with E-state index in [0.29, 0.717) is 35.5 Å². The van der Waals surface area contributed by atoms with Crippen molar-refractivity contribution in [2.24, 2.45) is 47.3 Å². The van der Waals surface area contributed by atoms with Crippen LogP contribution in [0.4, 0.5) is 0 Å². The molecular weight excluding hydrogens is 1280 g/mol. The normalized spacial score (nSPS) is 32.6. The zero-order chi connectivity index (χ0) is 70.9. The maximum atomic E-state index is 8.09. The van der Waals surface area contributed by atoms with Gasteiger partial charge < -0.3 is 18.9 Å². The minimum absolute atomic E-state index is 0.00401. The molecule has 544 valence electrons. The van der Waals surface area contributed by atoms with Gasteiger partial charge in [0.15, 0.2) is 12.2 Å². The average Bonchev–Trinajstić information content (AvgIpc) is 1.53. The van der Waals surface area contributed by atoms with Crippen molar-refractivity contribution in [3.63, 3.8) is 0 Å². The van der Waals surface area contributed by atoms with Crippen LogP contribution in [0.2, 0.25) is 0 Å². The highest BCUT2D eigenvalue weighted by atomic mass is 16.6. The Morgan fingerprint density at radius 2 is 0.385 bits per heavy atom. The molecule has 20 unspecified atom stereocenters. The van der Waals surface area contributed by atoms with E-state index in [9.17, 15) is 0 Å². The van der Waals surface area contributed by atoms with Crippen molar-refractivity contribution in [3.05, 3.63) is 263 Å². The van der Waals surface area contributed by atoms with E-state index in [-0.39, 0.29) is 82.8 Å². The number of hydrogen-bond donors (Lipinski definition) is 8. The summed E-state index contributed by atoms with van der Waals surface area (Å²) >= 11 is 0. The number of nitrogens with one attached hydrogen (secondary N) is 8. The van der Waals surface area contributed by atoms with Gasteiger partial charge >= 0.3 is 0 Å². The van der Waals surface area contributed by atoms with Crippen molar-refractivity contribution in [3.8, 4) is 23.0 Å². The number of fused-ring (bicyclic) bond motifs is 20. The van der Waals surface area contributed by atoms with Crippen LogP contribution in [0.3, 0.4) is 0 Å². The van der Waals surface area contributed by atoms with Crippen LogP contribution in [0, 0.1) is 47.3 Å². The second-order valence-electron chi connectivity index (χ2n) is 34.5. The molecule has 0 spiro atoms. The van der Waals surface area contributed by atoms with E-state index in [4.69, 9.17) is 18.9 Å². The third-order valence-corrected chi connectivity index (χ3v) is 27.4. The molecule has 104 heavy (non-hydrogen) atoms. The lowest BCUT2D eigenvalue weighted by Gasteiger charge is -2.50. The van der Waals surface area contributed by atoms with Gasteiger partial charge in [-0.3, -0.25) is 42.5 Å². The Kier molecular flexibility index (Phi) is 19.3. The Bertz CT molecular complexity index is 3890.